The van der Waals surface area contributed by atoms with Gasteiger partial charge < -0.3 is 15.2 Å². The first-order chi connectivity index (χ1) is 13.5. The number of imidazole rings is 1. The molecule has 0 saturated carbocycles. The molecular weight excluding hydrogens is 381 g/mol. The summed E-state index contributed by atoms with van der Waals surface area (Å²) >= 11 is 6.07. The average molecular weight is 396 g/mol. The molecule has 0 spiro atoms. The second-order valence-electron chi connectivity index (χ2n) is 6.09. The van der Waals surface area contributed by atoms with Gasteiger partial charge in [0.2, 0.25) is 5.95 Å². The van der Waals surface area contributed by atoms with E-state index in [1.54, 1.807) is 42.1 Å². The summed E-state index contributed by atoms with van der Waals surface area (Å²) in [7, 11) is 1.76. The van der Waals surface area contributed by atoms with Crippen LogP contribution in [0.1, 0.15) is 10.5 Å². The number of aromatic nitrogens is 3. The number of aryl methyl sites for hydroxylation is 1. The first-order valence-corrected chi connectivity index (χ1v) is 8.80. The Kier molecular flexibility index (Phi) is 4.67. The molecule has 0 aliphatic carbocycles. The lowest BCUT2D eigenvalue weighted by molar-refractivity contribution is 0.102. The van der Waals surface area contributed by atoms with Crippen molar-refractivity contribution < 1.29 is 9.18 Å². The van der Waals surface area contributed by atoms with Gasteiger partial charge in [-0.3, -0.25) is 4.79 Å². The third-order valence-electron chi connectivity index (χ3n) is 4.23. The maximum absolute atomic E-state index is 14.1. The van der Waals surface area contributed by atoms with Crippen LogP contribution in [0.3, 0.4) is 0 Å². The van der Waals surface area contributed by atoms with Gasteiger partial charge in [0, 0.05) is 12.7 Å². The van der Waals surface area contributed by atoms with Crippen LogP contribution in [0.25, 0.3) is 11.0 Å². The van der Waals surface area contributed by atoms with Gasteiger partial charge in [-0.2, -0.15) is 0 Å². The average Bonchev–Trinajstić information content (AvgIpc) is 3.00. The second-order valence-corrected chi connectivity index (χ2v) is 6.50. The van der Waals surface area contributed by atoms with Crippen LogP contribution < -0.4 is 10.6 Å². The Balaban J connectivity index is 1.65. The van der Waals surface area contributed by atoms with Crippen molar-refractivity contribution in [1.29, 1.82) is 0 Å². The molecule has 140 valence electrons. The minimum atomic E-state index is -0.486. The van der Waals surface area contributed by atoms with Crippen LogP contribution in [0, 0.1) is 5.82 Å². The van der Waals surface area contributed by atoms with Crippen LogP contribution in [0.15, 0.2) is 60.8 Å². The number of nitrogens with one attached hydrogen (secondary N) is 2. The molecule has 0 bridgehead atoms. The number of nitrogens with zero attached hydrogens (tertiary/aromatic N) is 3. The van der Waals surface area contributed by atoms with Crippen molar-refractivity contribution >= 4 is 45.9 Å². The quantitative estimate of drug-likeness (QED) is 0.522. The van der Waals surface area contributed by atoms with E-state index in [9.17, 15) is 9.18 Å². The lowest BCUT2D eigenvalue weighted by Gasteiger charge is -2.08. The molecule has 0 atom stereocenters. The number of hydrogen-bond acceptors (Lipinski definition) is 4. The molecule has 8 heteroatoms. The summed E-state index contributed by atoms with van der Waals surface area (Å²) < 4.78 is 15.8. The minimum Gasteiger partial charge on any atom is -0.322 e. The number of hydrogen-bond donors (Lipinski definition) is 2. The summed E-state index contributed by atoms with van der Waals surface area (Å²) in [6.45, 7) is 0. The molecule has 6 nitrogen and oxygen atoms in total. The monoisotopic (exact) mass is 395 g/mol. The molecular formula is C20H15ClFN5O. The molecule has 28 heavy (non-hydrogen) atoms. The Hall–Kier alpha value is -3.45. The number of benzene rings is 2. The van der Waals surface area contributed by atoms with Crippen molar-refractivity contribution in [2.75, 3.05) is 10.6 Å². The molecule has 1 amide bonds. The van der Waals surface area contributed by atoms with E-state index in [0.717, 1.165) is 0 Å². The molecule has 4 aromatic rings. The molecule has 0 saturated heterocycles. The molecule has 0 unspecified atom stereocenters. The third kappa shape index (κ3) is 3.39. The number of para-hydroxylation sites is 2. The van der Waals surface area contributed by atoms with E-state index in [-0.39, 0.29) is 22.3 Å². The zero-order valence-electron chi connectivity index (χ0n) is 14.8. The lowest BCUT2D eigenvalue weighted by Crippen LogP contribution is -2.13. The normalized spacial score (nSPS) is 10.8. The highest BCUT2D eigenvalue weighted by atomic mass is 35.5. The molecule has 2 aromatic carbocycles. The summed E-state index contributed by atoms with van der Waals surface area (Å²) in [5.41, 5.74) is 2.27. The number of carbonyl (C=O) groups is 1. The first kappa shape index (κ1) is 17.9. The van der Waals surface area contributed by atoms with E-state index in [4.69, 9.17) is 11.6 Å². The van der Waals surface area contributed by atoms with Gasteiger partial charge in [-0.1, -0.05) is 35.9 Å². The summed E-state index contributed by atoms with van der Waals surface area (Å²) in [6, 6.07) is 15.1. The highest BCUT2D eigenvalue weighted by Crippen LogP contribution is 2.29. The predicted molar refractivity (Wildman–Crippen MR) is 108 cm³/mol. The van der Waals surface area contributed by atoms with Crippen LogP contribution in [-0.2, 0) is 7.05 Å². The molecule has 0 aliphatic heterocycles. The number of carbonyl (C=O) groups excluding carboxylic acids is 1. The number of anilines is 3. The van der Waals surface area contributed by atoms with Gasteiger partial charge in [-0.15, -0.1) is 0 Å². The molecule has 0 radical (unpaired) electrons. The number of amides is 1. The summed E-state index contributed by atoms with van der Waals surface area (Å²) in [4.78, 5) is 21.1. The Morgan fingerprint density at radius 2 is 1.93 bits per heavy atom. The topological polar surface area (TPSA) is 71.8 Å². The van der Waals surface area contributed by atoms with Crippen LogP contribution in [0.5, 0.6) is 0 Å². The Morgan fingerprint density at radius 1 is 1.14 bits per heavy atom. The Bertz CT molecular complexity index is 1160. The Morgan fingerprint density at radius 3 is 2.68 bits per heavy atom. The fraction of sp³-hybridized carbons (Fsp3) is 0.0500. The van der Waals surface area contributed by atoms with Gasteiger partial charge >= 0.3 is 0 Å². The zero-order chi connectivity index (χ0) is 19.7. The molecule has 2 heterocycles. The van der Waals surface area contributed by atoms with E-state index < -0.39 is 5.82 Å². The van der Waals surface area contributed by atoms with E-state index in [1.807, 2.05) is 18.2 Å². The Labute approximate surface area is 165 Å². The van der Waals surface area contributed by atoms with Crippen LogP contribution in [-0.4, -0.2) is 20.4 Å². The molecule has 0 aliphatic rings. The standard InChI is InChI=1S/C20H15ClFN5O/c1-27-17-11-23-16(19(28)24-12-6-3-2-4-7-12)10-15(17)25-20(27)26-18-13(21)8-5-9-14(18)22/h2-11H,1H3,(H,24,28)(H,25,26). The zero-order valence-corrected chi connectivity index (χ0v) is 15.5. The van der Waals surface area contributed by atoms with Crippen LogP contribution in [0.2, 0.25) is 5.02 Å². The van der Waals surface area contributed by atoms with Gasteiger partial charge in [0.1, 0.15) is 11.5 Å². The molecule has 2 aromatic heterocycles. The van der Waals surface area contributed by atoms with Crippen molar-refractivity contribution in [3.63, 3.8) is 0 Å². The van der Waals surface area contributed by atoms with Crippen molar-refractivity contribution in [1.82, 2.24) is 14.5 Å². The summed E-state index contributed by atoms with van der Waals surface area (Å²) in [5.74, 6) is -0.449. The van der Waals surface area contributed by atoms with Crippen LogP contribution in [0.4, 0.5) is 21.7 Å². The lowest BCUT2D eigenvalue weighted by atomic mass is 10.2. The fourth-order valence-electron chi connectivity index (χ4n) is 2.77. The number of fused-ring (bicyclic) bond motifs is 1. The van der Waals surface area contributed by atoms with Gasteiger partial charge in [0.25, 0.3) is 5.91 Å². The van der Waals surface area contributed by atoms with E-state index in [1.165, 1.54) is 12.1 Å². The van der Waals surface area contributed by atoms with Crippen molar-refractivity contribution in [3.05, 3.63) is 77.3 Å². The van der Waals surface area contributed by atoms with Gasteiger partial charge in [-0.25, -0.2) is 14.4 Å². The molecule has 0 fully saturated rings. The van der Waals surface area contributed by atoms with Crippen molar-refractivity contribution in [2.45, 2.75) is 0 Å². The highest BCUT2D eigenvalue weighted by Gasteiger charge is 2.15. The number of rotatable bonds is 4. The number of halogens is 2. The fourth-order valence-corrected chi connectivity index (χ4v) is 2.98. The van der Waals surface area contributed by atoms with Gasteiger partial charge in [-0.05, 0) is 30.3 Å². The minimum absolute atomic E-state index is 0.137. The van der Waals surface area contributed by atoms with Crippen molar-refractivity contribution in [3.8, 4) is 0 Å². The molecule has 4 rings (SSSR count). The maximum atomic E-state index is 14.1. The van der Waals surface area contributed by atoms with E-state index in [0.29, 0.717) is 22.7 Å². The molecule has 2 N–H and O–H groups in total. The largest absolute Gasteiger partial charge is 0.322 e. The van der Waals surface area contributed by atoms with E-state index >= 15 is 0 Å². The van der Waals surface area contributed by atoms with Crippen LogP contribution >= 0.6 is 11.6 Å². The van der Waals surface area contributed by atoms with Gasteiger partial charge in [0.05, 0.1) is 27.9 Å². The highest BCUT2D eigenvalue weighted by molar-refractivity contribution is 6.33. The smallest absolute Gasteiger partial charge is 0.274 e. The maximum Gasteiger partial charge on any atom is 0.274 e. The third-order valence-corrected chi connectivity index (χ3v) is 4.55. The first-order valence-electron chi connectivity index (χ1n) is 8.43. The van der Waals surface area contributed by atoms with Gasteiger partial charge in [0.15, 0.2) is 0 Å². The summed E-state index contributed by atoms with van der Waals surface area (Å²) in [6.07, 6.45) is 1.55. The SMILES string of the molecule is Cn1c(Nc2c(F)cccc2Cl)nc2cc(C(=O)Nc3ccccc3)ncc21. The predicted octanol–water partition coefficient (Wildman–Crippen LogP) is 4.76. The number of pyridine rings is 1. The van der Waals surface area contributed by atoms with Crippen molar-refractivity contribution in [2.24, 2.45) is 7.05 Å². The second kappa shape index (κ2) is 7.28. The van der Waals surface area contributed by atoms with E-state index in [2.05, 4.69) is 20.6 Å². The summed E-state index contributed by atoms with van der Waals surface area (Å²) in [5, 5.41) is 5.93.